The van der Waals surface area contributed by atoms with Crippen molar-refractivity contribution in [3.05, 3.63) is 62.4 Å². The van der Waals surface area contributed by atoms with Gasteiger partial charge in [0.25, 0.3) is 5.56 Å². The maximum absolute atomic E-state index is 11.6. The van der Waals surface area contributed by atoms with E-state index < -0.39 is 0 Å². The second-order valence-corrected chi connectivity index (χ2v) is 4.38. The average Bonchev–Trinajstić information content (AvgIpc) is 2.23. The van der Waals surface area contributed by atoms with E-state index in [9.17, 15) is 4.79 Å². The van der Waals surface area contributed by atoms with E-state index in [1.54, 1.807) is 41.1 Å². The summed E-state index contributed by atoms with van der Waals surface area (Å²) in [7, 11) is 0. The second-order valence-electron chi connectivity index (χ2n) is 3.03. The number of benzene rings is 1. The largest absolute Gasteiger partial charge is 0.283 e. The number of rotatable bonds is 1. The first-order valence-corrected chi connectivity index (χ1v) is 5.48. The van der Waals surface area contributed by atoms with Crippen LogP contribution in [0.1, 0.15) is 0 Å². The molecule has 0 saturated heterocycles. The van der Waals surface area contributed by atoms with Gasteiger partial charge in [-0.2, -0.15) is 0 Å². The van der Waals surface area contributed by atoms with Crippen molar-refractivity contribution in [1.29, 1.82) is 0 Å². The van der Waals surface area contributed by atoms with Crippen LogP contribution in [0.4, 0.5) is 0 Å². The van der Waals surface area contributed by atoms with Crippen molar-refractivity contribution >= 4 is 27.5 Å². The zero-order chi connectivity index (χ0) is 10.8. The summed E-state index contributed by atoms with van der Waals surface area (Å²) >= 11 is 9.10. The lowest BCUT2D eigenvalue weighted by molar-refractivity contribution is 0.984. The molecule has 0 aliphatic heterocycles. The van der Waals surface area contributed by atoms with Gasteiger partial charge in [-0.3, -0.25) is 9.36 Å². The Balaban J connectivity index is 2.58. The monoisotopic (exact) mass is 283 g/mol. The zero-order valence-corrected chi connectivity index (χ0v) is 9.99. The van der Waals surface area contributed by atoms with Gasteiger partial charge in [0.2, 0.25) is 0 Å². The lowest BCUT2D eigenvalue weighted by Crippen LogP contribution is -2.15. The first-order chi connectivity index (χ1) is 7.16. The lowest BCUT2D eigenvalue weighted by atomic mass is 10.3. The molecule has 4 heteroatoms. The fraction of sp³-hybridized carbons (Fsp3) is 0. The van der Waals surface area contributed by atoms with E-state index in [2.05, 4.69) is 15.9 Å². The Kier molecular flexibility index (Phi) is 2.93. The lowest BCUT2D eigenvalue weighted by Gasteiger charge is -2.05. The predicted octanol–water partition coefficient (Wildman–Crippen LogP) is 3.25. The Morgan fingerprint density at radius 1 is 1.07 bits per heavy atom. The van der Waals surface area contributed by atoms with Crippen LogP contribution in [0.25, 0.3) is 5.69 Å². The number of halogens is 2. The standard InChI is InChI=1S/C11H7BrClNO/c12-8-1-6-11(15)14(7-8)10-4-2-9(13)3-5-10/h1-7H. The van der Waals surface area contributed by atoms with Crippen molar-refractivity contribution < 1.29 is 0 Å². The van der Waals surface area contributed by atoms with Crippen molar-refractivity contribution in [3.63, 3.8) is 0 Å². The summed E-state index contributed by atoms with van der Waals surface area (Å²) in [6.45, 7) is 0. The van der Waals surface area contributed by atoms with E-state index in [-0.39, 0.29) is 5.56 Å². The molecule has 0 saturated carbocycles. The van der Waals surface area contributed by atoms with Gasteiger partial charge in [-0.15, -0.1) is 0 Å². The molecule has 0 aliphatic carbocycles. The Morgan fingerprint density at radius 3 is 2.40 bits per heavy atom. The fourth-order valence-corrected chi connectivity index (χ4v) is 1.73. The van der Waals surface area contributed by atoms with E-state index in [1.165, 1.54) is 6.07 Å². The molecule has 0 atom stereocenters. The number of hydrogen-bond acceptors (Lipinski definition) is 1. The first kappa shape index (κ1) is 10.5. The van der Waals surface area contributed by atoms with E-state index in [1.807, 2.05) is 0 Å². The van der Waals surface area contributed by atoms with E-state index in [0.29, 0.717) is 5.02 Å². The van der Waals surface area contributed by atoms with Crippen molar-refractivity contribution in [2.45, 2.75) is 0 Å². The fourth-order valence-electron chi connectivity index (χ4n) is 1.26. The maximum Gasteiger partial charge on any atom is 0.255 e. The summed E-state index contributed by atoms with van der Waals surface area (Å²) in [5.41, 5.74) is 0.728. The minimum Gasteiger partial charge on any atom is -0.283 e. The highest BCUT2D eigenvalue weighted by molar-refractivity contribution is 9.10. The van der Waals surface area contributed by atoms with Gasteiger partial charge in [-0.1, -0.05) is 11.6 Å². The van der Waals surface area contributed by atoms with Crippen molar-refractivity contribution in [2.24, 2.45) is 0 Å². The molecule has 2 nitrogen and oxygen atoms in total. The van der Waals surface area contributed by atoms with Crippen molar-refractivity contribution in [3.8, 4) is 5.69 Å². The van der Waals surface area contributed by atoms with Gasteiger partial charge >= 0.3 is 0 Å². The van der Waals surface area contributed by atoms with Crippen LogP contribution in [0.15, 0.2) is 51.9 Å². The molecule has 0 N–H and O–H groups in total. The van der Waals surface area contributed by atoms with Crippen LogP contribution in [0.3, 0.4) is 0 Å². The molecular weight excluding hydrogens is 277 g/mol. The van der Waals surface area contributed by atoms with Crippen molar-refractivity contribution in [2.75, 3.05) is 0 Å². The number of pyridine rings is 1. The van der Waals surface area contributed by atoms with E-state index in [0.717, 1.165) is 10.2 Å². The molecule has 0 bridgehead atoms. The van der Waals surface area contributed by atoms with Crippen LogP contribution in [-0.2, 0) is 0 Å². The molecule has 1 aromatic carbocycles. The van der Waals surface area contributed by atoms with Gasteiger partial charge in [-0.05, 0) is 46.3 Å². The van der Waals surface area contributed by atoms with Crippen LogP contribution < -0.4 is 5.56 Å². The quantitative estimate of drug-likeness (QED) is 0.788. The van der Waals surface area contributed by atoms with E-state index >= 15 is 0 Å². The van der Waals surface area contributed by atoms with E-state index in [4.69, 9.17) is 11.6 Å². The van der Waals surface area contributed by atoms with Crippen LogP contribution in [0.2, 0.25) is 5.02 Å². The Hall–Kier alpha value is -1.06. The molecule has 0 spiro atoms. The van der Waals surface area contributed by atoms with Gasteiger partial charge in [0.15, 0.2) is 0 Å². The van der Waals surface area contributed by atoms with Crippen LogP contribution in [0.5, 0.6) is 0 Å². The summed E-state index contributed by atoms with van der Waals surface area (Å²) in [5.74, 6) is 0. The van der Waals surface area contributed by atoms with Crippen molar-refractivity contribution in [1.82, 2.24) is 4.57 Å². The molecule has 2 rings (SSSR count). The molecule has 0 amide bonds. The highest BCUT2D eigenvalue weighted by Gasteiger charge is 1.99. The number of nitrogens with zero attached hydrogens (tertiary/aromatic N) is 1. The Labute approximate surface area is 100 Å². The average molecular weight is 285 g/mol. The topological polar surface area (TPSA) is 22.0 Å². The summed E-state index contributed by atoms with van der Waals surface area (Å²) in [6, 6.07) is 10.3. The molecule has 0 fully saturated rings. The van der Waals surface area contributed by atoms with Gasteiger partial charge in [0, 0.05) is 27.4 Å². The molecule has 0 unspecified atom stereocenters. The van der Waals surface area contributed by atoms with Gasteiger partial charge in [-0.25, -0.2) is 0 Å². The van der Waals surface area contributed by atoms with Gasteiger partial charge in [0.05, 0.1) is 0 Å². The smallest absolute Gasteiger partial charge is 0.255 e. The van der Waals surface area contributed by atoms with Gasteiger partial charge < -0.3 is 0 Å². The van der Waals surface area contributed by atoms with Gasteiger partial charge in [0.1, 0.15) is 0 Å². The Bertz CT molecular complexity index is 533. The number of hydrogen-bond donors (Lipinski definition) is 0. The molecule has 0 radical (unpaired) electrons. The highest BCUT2D eigenvalue weighted by Crippen LogP contribution is 2.13. The summed E-state index contributed by atoms with van der Waals surface area (Å²) in [4.78, 5) is 11.6. The molecule has 1 heterocycles. The summed E-state index contributed by atoms with van der Waals surface area (Å²) in [5, 5.41) is 0.654. The third-order valence-corrected chi connectivity index (χ3v) is 2.70. The number of aromatic nitrogens is 1. The zero-order valence-electron chi connectivity index (χ0n) is 7.65. The molecule has 1 aromatic heterocycles. The summed E-state index contributed by atoms with van der Waals surface area (Å²) in [6.07, 6.45) is 1.73. The minimum atomic E-state index is -0.0690. The predicted molar refractivity (Wildman–Crippen MR) is 64.7 cm³/mol. The third kappa shape index (κ3) is 2.30. The maximum atomic E-state index is 11.6. The third-order valence-electron chi connectivity index (χ3n) is 1.98. The molecule has 2 aromatic rings. The summed E-state index contributed by atoms with van der Waals surface area (Å²) < 4.78 is 2.41. The molecular formula is C11H7BrClNO. The normalized spacial score (nSPS) is 10.3. The van der Waals surface area contributed by atoms with Crippen LogP contribution >= 0.6 is 27.5 Å². The SMILES string of the molecule is O=c1ccc(Br)cn1-c1ccc(Cl)cc1. The highest BCUT2D eigenvalue weighted by atomic mass is 79.9. The van der Waals surface area contributed by atoms with Crippen LogP contribution in [-0.4, -0.2) is 4.57 Å². The molecule has 0 aliphatic rings. The van der Waals surface area contributed by atoms with Crippen LogP contribution in [0, 0.1) is 0 Å². The Morgan fingerprint density at radius 2 is 1.73 bits per heavy atom. The molecule has 76 valence electrons. The molecule has 15 heavy (non-hydrogen) atoms. The second kappa shape index (κ2) is 4.21. The first-order valence-electron chi connectivity index (χ1n) is 4.31. The minimum absolute atomic E-state index is 0.0690.